The van der Waals surface area contributed by atoms with Crippen LogP contribution >= 0.6 is 0 Å². The Morgan fingerprint density at radius 3 is 2.64 bits per heavy atom. The zero-order valence-electron chi connectivity index (χ0n) is 15.6. The Morgan fingerprint density at radius 1 is 1.25 bits per heavy atom. The van der Waals surface area contributed by atoms with E-state index in [9.17, 15) is 9.90 Å². The summed E-state index contributed by atoms with van der Waals surface area (Å²) < 4.78 is 7.45. The molecule has 0 atom stereocenters. The first-order chi connectivity index (χ1) is 13.5. The molecule has 1 aromatic heterocycles. The Kier molecular flexibility index (Phi) is 4.44. The Labute approximate surface area is 162 Å². The molecule has 0 radical (unpaired) electrons. The van der Waals surface area contributed by atoms with Crippen LogP contribution in [-0.2, 0) is 20.1 Å². The molecule has 0 bridgehead atoms. The van der Waals surface area contributed by atoms with E-state index in [1.54, 1.807) is 23.9 Å². The molecule has 0 unspecified atom stereocenters. The summed E-state index contributed by atoms with van der Waals surface area (Å²) in [6.07, 6.45) is 0.618. The number of aromatic nitrogens is 2. The number of fused-ring (bicyclic) bond motifs is 1. The fourth-order valence-electron chi connectivity index (χ4n) is 3.45. The van der Waals surface area contributed by atoms with Gasteiger partial charge >= 0.3 is 0 Å². The summed E-state index contributed by atoms with van der Waals surface area (Å²) in [6, 6.07) is 12.8. The maximum atomic E-state index is 11.4. The second kappa shape index (κ2) is 6.94. The van der Waals surface area contributed by atoms with Gasteiger partial charge in [0.1, 0.15) is 11.4 Å². The topological polar surface area (TPSA) is 103 Å². The zero-order valence-corrected chi connectivity index (χ0v) is 15.6. The second-order valence-corrected chi connectivity index (χ2v) is 6.65. The number of aliphatic hydroxyl groups excluding tert-OH is 1. The summed E-state index contributed by atoms with van der Waals surface area (Å²) >= 11 is 0. The highest BCUT2D eigenvalue weighted by molar-refractivity contribution is 6.09. The molecule has 2 aromatic carbocycles. The molecule has 28 heavy (non-hydrogen) atoms. The third-order valence-corrected chi connectivity index (χ3v) is 4.87. The van der Waals surface area contributed by atoms with Gasteiger partial charge in [-0.3, -0.25) is 14.5 Å². The van der Waals surface area contributed by atoms with Gasteiger partial charge in [-0.05, 0) is 23.3 Å². The predicted molar refractivity (Wildman–Crippen MR) is 106 cm³/mol. The van der Waals surface area contributed by atoms with Crippen LogP contribution in [0, 0.1) is 0 Å². The summed E-state index contributed by atoms with van der Waals surface area (Å²) in [6.45, 7) is -0.00671. The van der Waals surface area contributed by atoms with Crippen molar-refractivity contribution < 1.29 is 14.6 Å². The van der Waals surface area contributed by atoms with Crippen molar-refractivity contribution in [3.8, 4) is 17.0 Å². The second-order valence-electron chi connectivity index (χ2n) is 6.65. The van der Waals surface area contributed by atoms with Crippen molar-refractivity contribution in [1.29, 1.82) is 0 Å². The Morgan fingerprint density at radius 2 is 2.00 bits per heavy atom. The molecule has 0 fully saturated rings. The molecule has 7 nitrogen and oxygen atoms in total. The predicted octanol–water partition coefficient (Wildman–Crippen LogP) is 2.36. The number of nitrogens with two attached hydrogens (primary N) is 1. The van der Waals surface area contributed by atoms with Crippen LogP contribution in [0.2, 0.25) is 0 Å². The van der Waals surface area contributed by atoms with E-state index >= 15 is 0 Å². The number of carbonyl (C=O) groups is 1. The molecule has 3 aromatic rings. The highest BCUT2D eigenvalue weighted by Gasteiger charge is 2.26. The van der Waals surface area contributed by atoms with Crippen molar-refractivity contribution in [3.63, 3.8) is 0 Å². The van der Waals surface area contributed by atoms with Crippen molar-refractivity contribution in [1.82, 2.24) is 9.78 Å². The minimum absolute atomic E-state index is 0.00671. The van der Waals surface area contributed by atoms with Crippen LogP contribution in [0.5, 0.6) is 5.75 Å². The van der Waals surface area contributed by atoms with Crippen LogP contribution in [0.4, 0.5) is 5.69 Å². The number of primary amides is 1. The van der Waals surface area contributed by atoms with E-state index in [0.29, 0.717) is 23.4 Å². The van der Waals surface area contributed by atoms with Crippen LogP contribution in [0.3, 0.4) is 0 Å². The van der Waals surface area contributed by atoms with Crippen LogP contribution in [-0.4, -0.2) is 33.6 Å². The van der Waals surface area contributed by atoms with E-state index in [-0.39, 0.29) is 6.61 Å². The third-order valence-electron chi connectivity index (χ3n) is 4.87. The van der Waals surface area contributed by atoms with Crippen molar-refractivity contribution >= 4 is 17.3 Å². The van der Waals surface area contributed by atoms with Gasteiger partial charge in [0.2, 0.25) is 5.91 Å². The largest absolute Gasteiger partial charge is 0.492 e. The van der Waals surface area contributed by atoms with Gasteiger partial charge in [-0.25, -0.2) is 0 Å². The summed E-state index contributed by atoms with van der Waals surface area (Å²) in [7, 11) is 3.46. The monoisotopic (exact) mass is 376 g/mol. The van der Waals surface area contributed by atoms with Crippen LogP contribution in [0.1, 0.15) is 27.2 Å². The molecular weight excluding hydrogens is 356 g/mol. The van der Waals surface area contributed by atoms with E-state index in [0.717, 1.165) is 33.8 Å². The molecule has 142 valence electrons. The molecule has 1 aliphatic rings. The molecule has 0 saturated carbocycles. The fourth-order valence-corrected chi connectivity index (χ4v) is 3.45. The number of aryl methyl sites for hydroxylation is 1. The summed E-state index contributed by atoms with van der Waals surface area (Å²) in [4.78, 5) is 16.1. The molecule has 1 amide bonds. The van der Waals surface area contributed by atoms with Crippen LogP contribution in [0.15, 0.2) is 47.5 Å². The molecule has 0 spiro atoms. The van der Waals surface area contributed by atoms with E-state index < -0.39 is 5.91 Å². The maximum Gasteiger partial charge on any atom is 0.248 e. The normalized spacial score (nSPS) is 12.6. The average Bonchev–Trinajstić information content (AvgIpc) is 3.27. The minimum atomic E-state index is -0.474. The summed E-state index contributed by atoms with van der Waals surface area (Å²) in [5.41, 5.74) is 11.6. The zero-order chi connectivity index (χ0) is 19.8. The average molecular weight is 376 g/mol. The van der Waals surface area contributed by atoms with E-state index in [4.69, 9.17) is 15.5 Å². The molecule has 4 rings (SSSR count). The quantitative estimate of drug-likeness (QED) is 0.713. The smallest absolute Gasteiger partial charge is 0.248 e. The van der Waals surface area contributed by atoms with Gasteiger partial charge in [0.05, 0.1) is 25.1 Å². The summed E-state index contributed by atoms with van der Waals surface area (Å²) in [5.74, 6) is 0.166. The van der Waals surface area contributed by atoms with Gasteiger partial charge in [-0.1, -0.05) is 30.3 Å². The van der Waals surface area contributed by atoms with Crippen LogP contribution < -0.4 is 10.5 Å². The summed E-state index contributed by atoms with van der Waals surface area (Å²) in [5, 5.41) is 13.9. The molecule has 0 aliphatic carbocycles. The number of methoxy groups -OCH3 is 1. The Hall–Kier alpha value is -3.45. The molecule has 2 heterocycles. The van der Waals surface area contributed by atoms with Gasteiger partial charge in [-0.15, -0.1) is 0 Å². The van der Waals surface area contributed by atoms with Crippen LogP contribution in [0.25, 0.3) is 11.3 Å². The standard InChI is InChI=1S/C21H20N4O3/c1-25-19(17-9-14-7-8-15(21(22)27)10-16(14)23-17)20(28-2)18(24-25)13-5-3-12(11-26)4-6-13/h3-8,10,26H,9,11H2,1-2H3,(H2,22,27). The number of aliphatic hydroxyl groups is 1. The number of hydrogen-bond donors (Lipinski definition) is 2. The molecule has 7 heteroatoms. The number of hydrogen-bond acceptors (Lipinski definition) is 5. The third kappa shape index (κ3) is 2.95. The number of amides is 1. The first-order valence-electron chi connectivity index (χ1n) is 8.83. The van der Waals surface area contributed by atoms with Gasteiger partial charge in [0.15, 0.2) is 5.75 Å². The molecule has 3 N–H and O–H groups in total. The van der Waals surface area contributed by atoms with Crippen molar-refractivity contribution in [3.05, 3.63) is 64.8 Å². The number of aliphatic imine (C=N–C) groups is 1. The number of benzene rings is 2. The van der Waals surface area contributed by atoms with Crippen molar-refractivity contribution in [2.75, 3.05) is 7.11 Å². The van der Waals surface area contributed by atoms with E-state index in [1.807, 2.05) is 37.4 Å². The van der Waals surface area contributed by atoms with Gasteiger partial charge in [0.25, 0.3) is 0 Å². The SMILES string of the molecule is COc1c(-c2ccc(CO)cc2)nn(C)c1C1=Nc2cc(C(N)=O)ccc2C1. The fraction of sp³-hybridized carbons (Fsp3) is 0.190. The number of rotatable bonds is 5. The lowest BCUT2D eigenvalue weighted by atomic mass is 10.0. The minimum Gasteiger partial charge on any atom is -0.492 e. The highest BCUT2D eigenvalue weighted by Crippen LogP contribution is 2.37. The molecule has 0 saturated heterocycles. The van der Waals surface area contributed by atoms with E-state index in [1.165, 1.54) is 0 Å². The lowest BCUT2D eigenvalue weighted by Crippen LogP contribution is -2.10. The lowest BCUT2D eigenvalue weighted by Gasteiger charge is -2.06. The van der Waals surface area contributed by atoms with Gasteiger partial charge < -0.3 is 15.6 Å². The number of nitrogens with zero attached hydrogens (tertiary/aromatic N) is 3. The Balaban J connectivity index is 1.77. The first kappa shape index (κ1) is 17.9. The van der Waals surface area contributed by atoms with Gasteiger partial charge in [0, 0.05) is 24.6 Å². The highest BCUT2D eigenvalue weighted by atomic mass is 16.5. The number of ether oxygens (including phenoxy) is 1. The lowest BCUT2D eigenvalue weighted by molar-refractivity contribution is 0.100. The van der Waals surface area contributed by atoms with Crippen molar-refractivity contribution in [2.24, 2.45) is 17.8 Å². The maximum absolute atomic E-state index is 11.4. The van der Waals surface area contributed by atoms with Gasteiger partial charge in [-0.2, -0.15) is 5.10 Å². The first-order valence-corrected chi connectivity index (χ1v) is 8.83. The Bertz CT molecular complexity index is 1100. The molecule has 1 aliphatic heterocycles. The molecular formula is C21H20N4O3. The van der Waals surface area contributed by atoms with E-state index in [2.05, 4.69) is 5.10 Å². The van der Waals surface area contributed by atoms with Crippen molar-refractivity contribution in [2.45, 2.75) is 13.0 Å². The number of carbonyl (C=O) groups excluding carboxylic acids is 1.